The Kier molecular flexibility index (Phi) is 5.76. The van der Waals surface area contributed by atoms with E-state index >= 15 is 0 Å². The van der Waals surface area contributed by atoms with Gasteiger partial charge in [0.05, 0.1) is 17.9 Å². The lowest BCUT2D eigenvalue weighted by Gasteiger charge is -2.08. The van der Waals surface area contributed by atoms with Crippen molar-refractivity contribution in [2.24, 2.45) is 0 Å². The largest absolute Gasteiger partial charge is 0.466 e. The molecule has 0 aliphatic heterocycles. The minimum Gasteiger partial charge on any atom is -0.466 e. The molecule has 0 aliphatic carbocycles. The fourth-order valence-electron chi connectivity index (χ4n) is 1.64. The van der Waals surface area contributed by atoms with Crippen LogP contribution in [-0.2, 0) is 19.4 Å². The summed E-state index contributed by atoms with van der Waals surface area (Å²) in [5.74, 6) is -0.384. The Bertz CT molecular complexity index is 544. The molecule has 4 nitrogen and oxygen atoms in total. The second-order valence-electron chi connectivity index (χ2n) is 3.88. The van der Waals surface area contributed by atoms with Gasteiger partial charge in [-0.3, -0.25) is 4.79 Å². The quantitative estimate of drug-likeness (QED) is 0.753. The zero-order chi connectivity index (χ0) is 14.3. The van der Waals surface area contributed by atoms with Crippen molar-refractivity contribution in [1.29, 1.82) is 0 Å². The minimum absolute atomic E-state index is 0.0690. The molecule has 1 aromatic carbocycles. The fourth-order valence-corrected chi connectivity index (χ4v) is 3.14. The lowest BCUT2D eigenvalue weighted by molar-refractivity contribution is -0.143. The van der Waals surface area contributed by atoms with Gasteiger partial charge in [0.2, 0.25) is 9.84 Å². The molecule has 19 heavy (non-hydrogen) atoms. The maximum atomic E-state index is 12.3. The highest BCUT2D eigenvalue weighted by atomic mass is 32.2. The first kappa shape index (κ1) is 15.4. The molecule has 1 aromatic rings. The van der Waals surface area contributed by atoms with Gasteiger partial charge in [-0.1, -0.05) is 24.3 Å². The van der Waals surface area contributed by atoms with Crippen LogP contribution < -0.4 is 0 Å². The first-order chi connectivity index (χ1) is 9.02. The van der Waals surface area contributed by atoms with Gasteiger partial charge in [0.1, 0.15) is 0 Å². The number of esters is 1. The van der Waals surface area contributed by atoms with Crippen LogP contribution in [0.25, 0.3) is 0 Å². The fraction of sp³-hybridized carbons (Fsp3) is 0.357. The Morgan fingerprint density at radius 3 is 2.37 bits per heavy atom. The molecule has 0 radical (unpaired) electrons. The highest BCUT2D eigenvalue weighted by molar-refractivity contribution is 7.95. The summed E-state index contributed by atoms with van der Waals surface area (Å²) in [6, 6.07) is 8.19. The van der Waals surface area contributed by atoms with E-state index in [0.717, 1.165) is 0 Å². The summed E-state index contributed by atoms with van der Waals surface area (Å²) >= 11 is 0. The summed E-state index contributed by atoms with van der Waals surface area (Å²) in [7, 11) is -3.51. The van der Waals surface area contributed by atoms with E-state index in [1.165, 1.54) is 6.08 Å². The molecular formula is C14H18O4S. The lowest BCUT2D eigenvalue weighted by Crippen LogP contribution is -2.09. The molecule has 5 heteroatoms. The van der Waals surface area contributed by atoms with Crippen LogP contribution in [0.2, 0.25) is 0 Å². The van der Waals surface area contributed by atoms with Gasteiger partial charge in [0, 0.05) is 4.91 Å². The third-order valence-corrected chi connectivity index (χ3v) is 4.62. The van der Waals surface area contributed by atoms with Gasteiger partial charge in [0.15, 0.2) is 0 Å². The summed E-state index contributed by atoms with van der Waals surface area (Å²) in [5, 5.41) is 0. The number of hydrogen-bond donors (Lipinski definition) is 0. The molecule has 0 fully saturated rings. The SMILES string of the molecule is C/C=C(\CCC(=O)OCC)S(=O)(=O)c1ccccc1. The van der Waals surface area contributed by atoms with Gasteiger partial charge >= 0.3 is 5.97 Å². The molecule has 0 amide bonds. The van der Waals surface area contributed by atoms with Gasteiger partial charge in [-0.15, -0.1) is 0 Å². The number of benzene rings is 1. The van der Waals surface area contributed by atoms with Crippen LogP contribution in [0.5, 0.6) is 0 Å². The standard InChI is InChI=1S/C14H18O4S/c1-3-12(10-11-14(15)18-4-2)19(16,17)13-8-6-5-7-9-13/h3,5-9H,4,10-11H2,1-2H3/b12-3+. The van der Waals surface area contributed by atoms with Crippen molar-refractivity contribution in [3.8, 4) is 0 Å². The summed E-state index contributed by atoms with van der Waals surface area (Å²) in [6.07, 6.45) is 1.76. The van der Waals surface area contributed by atoms with E-state index in [9.17, 15) is 13.2 Å². The van der Waals surface area contributed by atoms with Gasteiger partial charge in [0.25, 0.3) is 0 Å². The van der Waals surface area contributed by atoms with E-state index in [4.69, 9.17) is 4.74 Å². The van der Waals surface area contributed by atoms with E-state index in [-0.39, 0.29) is 28.6 Å². The van der Waals surface area contributed by atoms with E-state index < -0.39 is 9.84 Å². The van der Waals surface area contributed by atoms with Crippen LogP contribution >= 0.6 is 0 Å². The lowest BCUT2D eigenvalue weighted by atomic mass is 10.3. The predicted molar refractivity (Wildman–Crippen MR) is 73.3 cm³/mol. The number of carbonyl (C=O) groups is 1. The zero-order valence-corrected chi connectivity index (χ0v) is 11.9. The van der Waals surface area contributed by atoms with Crippen LogP contribution in [0.3, 0.4) is 0 Å². The van der Waals surface area contributed by atoms with E-state index in [2.05, 4.69) is 0 Å². The predicted octanol–water partition coefficient (Wildman–Crippen LogP) is 2.71. The molecule has 0 aliphatic rings. The van der Waals surface area contributed by atoms with Crippen molar-refractivity contribution in [2.45, 2.75) is 31.6 Å². The molecule has 0 spiro atoms. The highest BCUT2D eigenvalue weighted by Gasteiger charge is 2.20. The van der Waals surface area contributed by atoms with Crippen LogP contribution in [-0.4, -0.2) is 21.0 Å². The van der Waals surface area contributed by atoms with Crippen molar-refractivity contribution >= 4 is 15.8 Å². The van der Waals surface area contributed by atoms with Gasteiger partial charge < -0.3 is 4.74 Å². The maximum absolute atomic E-state index is 12.3. The first-order valence-corrected chi connectivity index (χ1v) is 7.61. The molecular weight excluding hydrogens is 264 g/mol. The number of hydrogen-bond acceptors (Lipinski definition) is 4. The van der Waals surface area contributed by atoms with E-state index in [0.29, 0.717) is 6.61 Å². The number of rotatable bonds is 6. The van der Waals surface area contributed by atoms with Gasteiger partial charge in [-0.2, -0.15) is 0 Å². The highest BCUT2D eigenvalue weighted by Crippen LogP contribution is 2.22. The summed E-state index contributed by atoms with van der Waals surface area (Å²) in [5.41, 5.74) is 0. The molecule has 0 bridgehead atoms. The molecule has 104 valence electrons. The first-order valence-electron chi connectivity index (χ1n) is 6.13. The third-order valence-electron chi connectivity index (χ3n) is 2.60. The molecule has 0 unspecified atom stereocenters. The second kappa shape index (κ2) is 7.09. The molecule has 0 heterocycles. The topological polar surface area (TPSA) is 60.4 Å². The second-order valence-corrected chi connectivity index (χ2v) is 5.88. The van der Waals surface area contributed by atoms with Crippen LogP contribution in [0.15, 0.2) is 46.2 Å². The Balaban J connectivity index is 2.84. The minimum atomic E-state index is -3.51. The normalized spacial score (nSPS) is 12.2. The Morgan fingerprint density at radius 2 is 1.84 bits per heavy atom. The monoisotopic (exact) mass is 282 g/mol. The number of allylic oxidation sites excluding steroid dienone is 2. The number of sulfone groups is 1. The summed E-state index contributed by atoms with van der Waals surface area (Å²) in [6.45, 7) is 3.67. The molecule has 0 saturated heterocycles. The average Bonchev–Trinajstić information content (AvgIpc) is 2.40. The van der Waals surface area contributed by atoms with Crippen molar-refractivity contribution in [2.75, 3.05) is 6.61 Å². The number of ether oxygens (including phenoxy) is 1. The van der Waals surface area contributed by atoms with E-state index in [1.54, 1.807) is 44.2 Å². The van der Waals surface area contributed by atoms with Gasteiger partial charge in [-0.25, -0.2) is 8.42 Å². The Labute approximate surface area is 114 Å². The van der Waals surface area contributed by atoms with Crippen molar-refractivity contribution < 1.29 is 17.9 Å². The molecule has 0 saturated carbocycles. The van der Waals surface area contributed by atoms with Crippen LogP contribution in [0.1, 0.15) is 26.7 Å². The van der Waals surface area contributed by atoms with Crippen molar-refractivity contribution in [3.05, 3.63) is 41.3 Å². The smallest absolute Gasteiger partial charge is 0.306 e. The molecule has 0 aromatic heterocycles. The Morgan fingerprint density at radius 1 is 1.21 bits per heavy atom. The molecule has 1 rings (SSSR count). The zero-order valence-electron chi connectivity index (χ0n) is 11.1. The van der Waals surface area contributed by atoms with Crippen LogP contribution in [0, 0.1) is 0 Å². The van der Waals surface area contributed by atoms with Crippen molar-refractivity contribution in [3.63, 3.8) is 0 Å². The summed E-state index contributed by atoms with van der Waals surface area (Å²) in [4.78, 5) is 11.8. The summed E-state index contributed by atoms with van der Waals surface area (Å²) < 4.78 is 29.4. The number of carbonyl (C=O) groups excluding carboxylic acids is 1. The van der Waals surface area contributed by atoms with E-state index in [1.807, 2.05) is 0 Å². The van der Waals surface area contributed by atoms with Crippen molar-refractivity contribution in [1.82, 2.24) is 0 Å². The van der Waals surface area contributed by atoms with Gasteiger partial charge in [-0.05, 0) is 32.4 Å². The molecule has 0 atom stereocenters. The third kappa shape index (κ3) is 4.21. The average molecular weight is 282 g/mol. The maximum Gasteiger partial charge on any atom is 0.306 e. The Hall–Kier alpha value is -1.62. The molecule has 0 N–H and O–H groups in total. The van der Waals surface area contributed by atoms with Crippen LogP contribution in [0.4, 0.5) is 0 Å².